The maximum absolute atomic E-state index is 13.3. The molecule has 2 aromatic carbocycles. The van der Waals surface area contributed by atoms with E-state index in [1.165, 1.54) is 16.7 Å². The molecule has 0 radical (unpaired) electrons. The molecule has 0 saturated heterocycles. The molecule has 3 rings (SSSR count). The second-order valence-corrected chi connectivity index (χ2v) is 7.31. The second kappa shape index (κ2) is 6.31. The zero-order valence-corrected chi connectivity index (χ0v) is 14.5. The van der Waals surface area contributed by atoms with Gasteiger partial charge in [-0.2, -0.15) is 0 Å². The molecule has 0 fully saturated rings. The van der Waals surface area contributed by atoms with Gasteiger partial charge >= 0.3 is 0 Å². The number of rotatable bonds is 3. The van der Waals surface area contributed by atoms with E-state index in [1.54, 1.807) is 0 Å². The summed E-state index contributed by atoms with van der Waals surface area (Å²) in [5, 5.41) is 0. The van der Waals surface area contributed by atoms with Gasteiger partial charge in [-0.25, -0.2) is 0 Å². The van der Waals surface area contributed by atoms with E-state index < -0.39 is 0 Å². The summed E-state index contributed by atoms with van der Waals surface area (Å²) >= 11 is 0. The molecule has 0 amide bonds. The van der Waals surface area contributed by atoms with Crippen LogP contribution in [0, 0.1) is 11.8 Å². The van der Waals surface area contributed by atoms with Crippen LogP contribution in [0.15, 0.2) is 48.5 Å². The fraction of sp³-hybridized carbons (Fsp3) is 0.409. The van der Waals surface area contributed by atoms with Crippen LogP contribution in [0.2, 0.25) is 0 Å². The molecule has 3 unspecified atom stereocenters. The van der Waals surface area contributed by atoms with Crippen molar-refractivity contribution in [1.82, 2.24) is 0 Å². The van der Waals surface area contributed by atoms with E-state index in [1.807, 2.05) is 18.2 Å². The Kier molecular flexibility index (Phi) is 4.39. The fourth-order valence-corrected chi connectivity index (χ4v) is 3.70. The van der Waals surface area contributed by atoms with Crippen molar-refractivity contribution in [1.29, 1.82) is 0 Å². The van der Waals surface area contributed by atoms with Crippen molar-refractivity contribution in [2.75, 3.05) is 0 Å². The highest BCUT2D eigenvalue weighted by Crippen LogP contribution is 2.41. The van der Waals surface area contributed by atoms with E-state index >= 15 is 0 Å². The molecule has 120 valence electrons. The largest absolute Gasteiger partial charge is 0.293 e. The van der Waals surface area contributed by atoms with Crippen molar-refractivity contribution in [3.8, 4) is 0 Å². The molecule has 3 atom stereocenters. The summed E-state index contributed by atoms with van der Waals surface area (Å²) in [6, 6.07) is 16.7. The summed E-state index contributed by atoms with van der Waals surface area (Å²) in [6.07, 6.45) is 0.925. The zero-order chi connectivity index (χ0) is 16.6. The number of ketones is 1. The molecule has 0 aliphatic heterocycles. The van der Waals surface area contributed by atoms with Crippen LogP contribution >= 0.6 is 0 Å². The van der Waals surface area contributed by atoms with E-state index in [0.717, 1.165) is 12.0 Å². The molecule has 0 bridgehead atoms. The Morgan fingerprint density at radius 3 is 2.09 bits per heavy atom. The van der Waals surface area contributed by atoms with Gasteiger partial charge in [0.1, 0.15) is 0 Å². The van der Waals surface area contributed by atoms with Crippen LogP contribution in [0.3, 0.4) is 0 Å². The Balaban J connectivity index is 2.15. The maximum Gasteiger partial charge on any atom is 0.170 e. The van der Waals surface area contributed by atoms with Crippen LogP contribution in [0.25, 0.3) is 0 Å². The minimum atomic E-state index is -0.0188. The lowest BCUT2D eigenvalue weighted by Crippen LogP contribution is -2.18. The van der Waals surface area contributed by atoms with Crippen molar-refractivity contribution < 1.29 is 4.79 Å². The predicted octanol–water partition coefficient (Wildman–Crippen LogP) is 5.80. The summed E-state index contributed by atoms with van der Waals surface area (Å²) in [5.41, 5.74) is 4.63. The molecule has 1 aliphatic carbocycles. The number of carbonyl (C=O) groups excluding carboxylic acids is 1. The van der Waals surface area contributed by atoms with Crippen molar-refractivity contribution >= 4 is 5.78 Å². The lowest BCUT2D eigenvalue weighted by Gasteiger charge is -2.23. The Bertz CT molecular complexity index is 713. The number of benzene rings is 2. The third-order valence-electron chi connectivity index (χ3n) is 5.59. The van der Waals surface area contributed by atoms with E-state index in [9.17, 15) is 4.79 Å². The fourth-order valence-electron chi connectivity index (χ4n) is 3.70. The van der Waals surface area contributed by atoms with Gasteiger partial charge in [-0.05, 0) is 34.9 Å². The van der Waals surface area contributed by atoms with Crippen LogP contribution in [-0.4, -0.2) is 5.78 Å². The van der Waals surface area contributed by atoms with Crippen LogP contribution in [0.5, 0.6) is 0 Å². The molecule has 1 aliphatic rings. The lowest BCUT2D eigenvalue weighted by atomic mass is 9.80. The first-order chi connectivity index (χ1) is 11.0. The normalized spacial score (nSPS) is 21.5. The van der Waals surface area contributed by atoms with Crippen LogP contribution in [-0.2, 0) is 0 Å². The second-order valence-electron chi connectivity index (χ2n) is 7.31. The van der Waals surface area contributed by atoms with Crippen LogP contribution < -0.4 is 0 Å². The first-order valence-electron chi connectivity index (χ1n) is 8.72. The zero-order valence-electron chi connectivity index (χ0n) is 14.5. The van der Waals surface area contributed by atoms with Gasteiger partial charge in [-0.3, -0.25) is 4.79 Å². The number of fused-ring (bicyclic) bond motifs is 2. The van der Waals surface area contributed by atoms with Gasteiger partial charge in [-0.15, -0.1) is 0 Å². The van der Waals surface area contributed by atoms with Crippen molar-refractivity contribution in [2.24, 2.45) is 11.8 Å². The van der Waals surface area contributed by atoms with E-state index in [4.69, 9.17) is 0 Å². The van der Waals surface area contributed by atoms with Crippen molar-refractivity contribution in [3.63, 3.8) is 0 Å². The first kappa shape index (κ1) is 16.0. The van der Waals surface area contributed by atoms with E-state index in [2.05, 4.69) is 58.0 Å². The van der Waals surface area contributed by atoms with Gasteiger partial charge < -0.3 is 0 Å². The molecule has 0 spiro atoms. The van der Waals surface area contributed by atoms with Gasteiger partial charge in [0.2, 0.25) is 0 Å². The molecule has 2 aromatic rings. The lowest BCUT2D eigenvalue weighted by molar-refractivity contribution is 0.0943. The molecule has 23 heavy (non-hydrogen) atoms. The minimum Gasteiger partial charge on any atom is -0.293 e. The third-order valence-corrected chi connectivity index (χ3v) is 5.59. The standard InChI is InChI=1S/C22H26O/c1-14(2)15(3)13-21-19-11-7-5-9-17(19)16(4)18-10-6-8-12-20(18)22(21)23/h5-12,14-16,21H,13H2,1-4H3. The number of Topliss-reactive ketones (excluding diaryl/α,β-unsaturated/α-hetero) is 1. The van der Waals surface area contributed by atoms with Gasteiger partial charge in [0.25, 0.3) is 0 Å². The van der Waals surface area contributed by atoms with Gasteiger partial charge in [0.05, 0.1) is 0 Å². The summed E-state index contributed by atoms with van der Waals surface area (Å²) < 4.78 is 0. The molecular weight excluding hydrogens is 280 g/mol. The highest BCUT2D eigenvalue weighted by atomic mass is 16.1. The SMILES string of the molecule is CC1c2ccccc2C(=O)C(CC(C)C(C)C)c2ccccc21. The molecule has 1 nitrogen and oxygen atoms in total. The smallest absolute Gasteiger partial charge is 0.170 e. The van der Waals surface area contributed by atoms with Crippen LogP contribution in [0.4, 0.5) is 0 Å². The van der Waals surface area contributed by atoms with Gasteiger partial charge in [-0.1, -0.05) is 76.2 Å². The van der Waals surface area contributed by atoms with E-state index in [-0.39, 0.29) is 11.8 Å². The first-order valence-corrected chi connectivity index (χ1v) is 8.72. The minimum absolute atomic E-state index is 0.0188. The molecule has 0 saturated carbocycles. The Morgan fingerprint density at radius 1 is 0.870 bits per heavy atom. The highest BCUT2D eigenvalue weighted by Gasteiger charge is 2.33. The molecule has 0 N–H and O–H groups in total. The van der Waals surface area contributed by atoms with Gasteiger partial charge in [0, 0.05) is 17.4 Å². The Morgan fingerprint density at radius 2 is 1.43 bits per heavy atom. The Labute approximate surface area is 139 Å². The van der Waals surface area contributed by atoms with Crippen LogP contribution in [0.1, 0.15) is 73.0 Å². The van der Waals surface area contributed by atoms with Crippen molar-refractivity contribution in [3.05, 3.63) is 70.8 Å². The molecule has 1 heteroatoms. The molecular formula is C22H26O. The highest BCUT2D eigenvalue weighted by molar-refractivity contribution is 6.03. The summed E-state index contributed by atoms with van der Waals surface area (Å²) in [4.78, 5) is 13.3. The van der Waals surface area contributed by atoms with Crippen molar-refractivity contribution in [2.45, 2.75) is 46.0 Å². The molecule has 0 heterocycles. The number of hydrogen-bond donors (Lipinski definition) is 0. The summed E-state index contributed by atoms with van der Waals surface area (Å²) in [7, 11) is 0. The Hall–Kier alpha value is -1.89. The quantitative estimate of drug-likeness (QED) is 0.700. The van der Waals surface area contributed by atoms with Gasteiger partial charge in [0.15, 0.2) is 5.78 Å². The van der Waals surface area contributed by atoms with E-state index in [0.29, 0.717) is 17.6 Å². The number of hydrogen-bond acceptors (Lipinski definition) is 1. The summed E-state index contributed by atoms with van der Waals surface area (Å²) in [6.45, 7) is 8.97. The number of carbonyl (C=O) groups is 1. The average molecular weight is 306 g/mol. The summed E-state index contributed by atoms with van der Waals surface area (Å²) in [5.74, 6) is 1.66. The maximum atomic E-state index is 13.3. The monoisotopic (exact) mass is 306 g/mol. The molecule has 0 aromatic heterocycles. The average Bonchev–Trinajstić information content (AvgIpc) is 2.65. The topological polar surface area (TPSA) is 17.1 Å². The predicted molar refractivity (Wildman–Crippen MR) is 96.1 cm³/mol. The third kappa shape index (κ3) is 2.85.